The van der Waals surface area contributed by atoms with Crippen LogP contribution in [0.25, 0.3) is 10.4 Å². The Morgan fingerprint density at radius 3 is 2.36 bits per heavy atom. The molecule has 2 aromatic rings. The summed E-state index contributed by atoms with van der Waals surface area (Å²) in [5.74, 6) is -1.07. The summed E-state index contributed by atoms with van der Waals surface area (Å²) in [7, 11) is 0. The number of amides is 3. The number of benzene rings is 1. The lowest BCUT2D eigenvalue weighted by atomic mass is 9.85. The number of hydrogen-bond acceptors (Lipinski definition) is 6. The lowest BCUT2D eigenvalue weighted by Gasteiger charge is -2.34. The first kappa shape index (κ1) is 27.5. The molecule has 1 aromatic carbocycles. The molecule has 36 heavy (non-hydrogen) atoms. The van der Waals surface area contributed by atoms with E-state index < -0.39 is 54.0 Å². The van der Waals surface area contributed by atoms with Crippen LogP contribution in [0, 0.1) is 5.41 Å². The predicted molar refractivity (Wildman–Crippen MR) is 130 cm³/mol. The minimum absolute atomic E-state index is 0.0228. The number of halogens is 2. The fraction of sp³-hybridized carbons (Fsp3) is 0.500. The molecule has 0 spiro atoms. The summed E-state index contributed by atoms with van der Waals surface area (Å²) in [6.07, 6.45) is -4.94. The highest BCUT2D eigenvalue weighted by molar-refractivity contribution is 7.13. The standard InChI is InChI=1S/C24H30F2N4O5S/c1-12(13-5-7-14(8-6-13)18-17(20(25)26)27-11-36-18)28-21(32)16-9-15(31)10-30(16)22(33)19(24(2,3)4)29-23(34)35/h5-8,11-12,15-16,19-20,29,31H,9-10H2,1-4H3,(H,28,32)(H,34,35)/t12-,15+,16-,19+/m0/s1. The maximum atomic E-state index is 13.2. The van der Waals surface area contributed by atoms with Crippen LogP contribution >= 0.6 is 11.3 Å². The van der Waals surface area contributed by atoms with Gasteiger partial charge in [-0.05, 0) is 23.5 Å². The number of alkyl halides is 2. The maximum absolute atomic E-state index is 13.2. The van der Waals surface area contributed by atoms with Gasteiger partial charge in [0.2, 0.25) is 11.8 Å². The van der Waals surface area contributed by atoms with E-state index in [-0.39, 0.29) is 18.7 Å². The van der Waals surface area contributed by atoms with Gasteiger partial charge in [-0.25, -0.2) is 18.6 Å². The van der Waals surface area contributed by atoms with Gasteiger partial charge in [-0.3, -0.25) is 9.59 Å². The number of β-amino-alcohol motifs (C(OH)–C–C–N with tert-alkyl or cyclic N) is 1. The molecule has 0 unspecified atom stereocenters. The molecule has 0 radical (unpaired) electrons. The Labute approximate surface area is 211 Å². The van der Waals surface area contributed by atoms with Crippen LogP contribution in [0.15, 0.2) is 29.8 Å². The van der Waals surface area contributed by atoms with E-state index in [1.54, 1.807) is 52.0 Å². The molecular weight excluding hydrogens is 494 g/mol. The van der Waals surface area contributed by atoms with Crippen LogP contribution in [0.5, 0.6) is 0 Å². The molecule has 1 fully saturated rings. The van der Waals surface area contributed by atoms with Crippen molar-refractivity contribution in [3.63, 3.8) is 0 Å². The first-order valence-electron chi connectivity index (χ1n) is 11.4. The Bertz CT molecular complexity index is 1100. The van der Waals surface area contributed by atoms with Gasteiger partial charge in [-0.2, -0.15) is 0 Å². The van der Waals surface area contributed by atoms with Crippen molar-refractivity contribution in [3.8, 4) is 10.4 Å². The first-order valence-corrected chi connectivity index (χ1v) is 12.3. The molecule has 0 saturated carbocycles. The minimum Gasteiger partial charge on any atom is -0.465 e. The maximum Gasteiger partial charge on any atom is 0.405 e. The van der Waals surface area contributed by atoms with Crippen LogP contribution in [0.2, 0.25) is 0 Å². The van der Waals surface area contributed by atoms with Crippen molar-refractivity contribution in [2.45, 2.75) is 64.8 Å². The Morgan fingerprint density at radius 1 is 1.17 bits per heavy atom. The topological polar surface area (TPSA) is 132 Å². The fourth-order valence-corrected chi connectivity index (χ4v) is 4.99. The van der Waals surface area contributed by atoms with Gasteiger partial charge < -0.3 is 25.7 Å². The SMILES string of the molecule is C[C@H](NC(=O)[C@@H]1C[C@@H](O)CN1C(=O)[C@@H](NC(=O)O)C(C)(C)C)c1ccc(-c2scnc2C(F)F)cc1. The second-order valence-corrected chi connectivity index (χ2v) is 10.7. The van der Waals surface area contributed by atoms with Crippen molar-refractivity contribution in [1.29, 1.82) is 0 Å². The van der Waals surface area contributed by atoms with Crippen LogP contribution in [-0.4, -0.2) is 62.7 Å². The summed E-state index contributed by atoms with van der Waals surface area (Å²) in [5, 5.41) is 24.4. The summed E-state index contributed by atoms with van der Waals surface area (Å²) >= 11 is 1.12. The number of carbonyl (C=O) groups excluding carboxylic acids is 2. The highest BCUT2D eigenvalue weighted by Crippen LogP contribution is 2.34. The van der Waals surface area contributed by atoms with Crippen LogP contribution in [0.4, 0.5) is 13.6 Å². The van der Waals surface area contributed by atoms with Crippen LogP contribution in [0.1, 0.15) is 57.8 Å². The zero-order valence-electron chi connectivity index (χ0n) is 20.4. The monoisotopic (exact) mass is 524 g/mol. The van der Waals surface area contributed by atoms with E-state index in [9.17, 15) is 33.4 Å². The van der Waals surface area contributed by atoms with Crippen molar-refractivity contribution >= 4 is 29.2 Å². The van der Waals surface area contributed by atoms with Gasteiger partial charge in [0.05, 0.1) is 22.5 Å². The summed E-state index contributed by atoms with van der Waals surface area (Å²) < 4.78 is 26.3. The third-order valence-electron chi connectivity index (χ3n) is 6.08. The van der Waals surface area contributed by atoms with E-state index in [1.807, 2.05) is 0 Å². The smallest absolute Gasteiger partial charge is 0.405 e. The van der Waals surface area contributed by atoms with Gasteiger partial charge in [0.15, 0.2) is 0 Å². The number of carboxylic acid groups (broad SMARTS) is 1. The molecule has 1 aromatic heterocycles. The number of nitrogens with one attached hydrogen (secondary N) is 2. The highest BCUT2D eigenvalue weighted by Gasteiger charge is 2.44. The molecule has 196 valence electrons. The van der Waals surface area contributed by atoms with Crippen molar-refractivity contribution in [1.82, 2.24) is 20.5 Å². The van der Waals surface area contributed by atoms with Crippen LogP contribution in [0.3, 0.4) is 0 Å². The third-order valence-corrected chi connectivity index (χ3v) is 6.97. The molecule has 1 saturated heterocycles. The van der Waals surface area contributed by atoms with E-state index in [0.717, 1.165) is 11.3 Å². The Morgan fingerprint density at radius 2 is 1.81 bits per heavy atom. The molecule has 0 aliphatic carbocycles. The van der Waals surface area contributed by atoms with Crippen LogP contribution in [-0.2, 0) is 9.59 Å². The average Bonchev–Trinajstić information content (AvgIpc) is 3.43. The Balaban J connectivity index is 1.73. The number of aliphatic hydroxyl groups excluding tert-OH is 1. The number of carbonyl (C=O) groups is 3. The predicted octanol–water partition coefficient (Wildman–Crippen LogP) is 3.57. The van der Waals surface area contributed by atoms with Crippen molar-refractivity contribution in [2.75, 3.05) is 6.54 Å². The molecule has 3 amide bonds. The number of rotatable bonds is 7. The molecule has 1 aliphatic heterocycles. The molecule has 3 rings (SSSR count). The van der Waals surface area contributed by atoms with Gasteiger partial charge in [0.1, 0.15) is 17.8 Å². The summed E-state index contributed by atoms with van der Waals surface area (Å²) in [6.45, 7) is 6.76. The lowest BCUT2D eigenvalue weighted by Crippen LogP contribution is -2.57. The number of hydrogen-bond donors (Lipinski definition) is 4. The second-order valence-electron chi connectivity index (χ2n) is 9.86. The number of thiazole rings is 1. The van der Waals surface area contributed by atoms with E-state index in [2.05, 4.69) is 15.6 Å². The molecule has 4 atom stereocenters. The quantitative estimate of drug-likeness (QED) is 0.438. The zero-order chi connectivity index (χ0) is 26.8. The summed E-state index contributed by atoms with van der Waals surface area (Å²) in [6, 6.07) is 4.23. The van der Waals surface area contributed by atoms with Gasteiger partial charge in [0.25, 0.3) is 6.43 Å². The highest BCUT2D eigenvalue weighted by atomic mass is 32.1. The van der Waals surface area contributed by atoms with Crippen molar-refractivity contribution in [3.05, 3.63) is 41.0 Å². The molecule has 12 heteroatoms. The average molecular weight is 525 g/mol. The molecule has 1 aliphatic rings. The minimum atomic E-state index is -2.68. The van der Waals surface area contributed by atoms with Crippen molar-refractivity contribution in [2.24, 2.45) is 5.41 Å². The lowest BCUT2D eigenvalue weighted by molar-refractivity contribution is -0.142. The van der Waals surface area contributed by atoms with E-state index >= 15 is 0 Å². The Hall–Kier alpha value is -3.12. The van der Waals surface area contributed by atoms with Gasteiger partial charge in [-0.15, -0.1) is 11.3 Å². The van der Waals surface area contributed by atoms with Crippen molar-refractivity contribution < 1.29 is 33.4 Å². The van der Waals surface area contributed by atoms with E-state index in [4.69, 9.17) is 0 Å². The van der Waals surface area contributed by atoms with Gasteiger partial charge in [-0.1, -0.05) is 45.0 Å². The molecule has 4 N–H and O–H groups in total. The zero-order valence-corrected chi connectivity index (χ0v) is 21.2. The van der Waals surface area contributed by atoms with Gasteiger partial charge in [0, 0.05) is 13.0 Å². The molecular formula is C24H30F2N4O5S. The van der Waals surface area contributed by atoms with E-state index in [0.29, 0.717) is 16.0 Å². The van der Waals surface area contributed by atoms with Crippen LogP contribution < -0.4 is 10.6 Å². The largest absolute Gasteiger partial charge is 0.465 e. The summed E-state index contributed by atoms with van der Waals surface area (Å²) in [4.78, 5) is 42.9. The molecule has 0 bridgehead atoms. The number of aliphatic hydroxyl groups is 1. The fourth-order valence-electron chi connectivity index (χ4n) is 4.19. The van der Waals surface area contributed by atoms with Gasteiger partial charge >= 0.3 is 6.09 Å². The second kappa shape index (κ2) is 10.9. The first-order chi connectivity index (χ1) is 16.8. The Kier molecular flexibility index (Phi) is 8.29. The van der Waals surface area contributed by atoms with E-state index in [1.165, 1.54) is 10.4 Å². The number of nitrogens with zero attached hydrogens (tertiary/aromatic N) is 2. The third kappa shape index (κ3) is 6.16. The number of likely N-dealkylation sites (tertiary alicyclic amines) is 1. The normalized spacial score (nSPS) is 19.7. The summed E-state index contributed by atoms with van der Waals surface area (Å²) in [5.41, 5.74) is 1.63. The molecule has 9 nitrogen and oxygen atoms in total. The number of aromatic nitrogens is 1. The molecule has 2 heterocycles.